The minimum Gasteiger partial charge on any atom is -0.260 e. The van der Waals surface area contributed by atoms with Crippen LogP contribution in [0.3, 0.4) is 0 Å². The molecule has 0 atom stereocenters. The molecule has 3 rings (SSSR count). The first kappa shape index (κ1) is 15.5. The van der Waals surface area contributed by atoms with Crippen LogP contribution in [0.4, 0.5) is 0 Å². The zero-order valence-electron chi connectivity index (χ0n) is 14.3. The van der Waals surface area contributed by atoms with Crippen LogP contribution in [0.15, 0.2) is 49.1 Å². The van der Waals surface area contributed by atoms with Crippen molar-refractivity contribution in [3.05, 3.63) is 77.0 Å². The third-order valence-electron chi connectivity index (χ3n) is 4.56. The maximum Gasteiger partial charge on any atom is 0.0700 e. The van der Waals surface area contributed by atoms with Gasteiger partial charge in [-0.15, -0.1) is 6.58 Å². The number of hydrogen-bond donors (Lipinski definition) is 0. The van der Waals surface area contributed by atoms with Gasteiger partial charge in [-0.25, -0.2) is 0 Å². The molecule has 0 aliphatic carbocycles. The molecule has 0 radical (unpaired) electrons. The minimum atomic E-state index is 0.826. The number of fused-ring (bicyclic) bond motifs is 1. The maximum atomic E-state index is 4.88. The summed E-state index contributed by atoms with van der Waals surface area (Å²) in [6, 6.07) is 13.1. The fraction of sp³-hybridized carbons (Fsp3) is 0.286. The third kappa shape index (κ3) is 2.94. The summed E-state index contributed by atoms with van der Waals surface area (Å²) in [5.41, 5.74) is 7.72. The highest BCUT2D eigenvalue weighted by molar-refractivity contribution is 5.83. The summed E-state index contributed by atoms with van der Waals surface area (Å²) in [6.45, 7) is 11.2. The van der Waals surface area contributed by atoms with Crippen molar-refractivity contribution in [2.45, 2.75) is 40.2 Å². The Kier molecular flexibility index (Phi) is 4.33. The summed E-state index contributed by atoms with van der Waals surface area (Å²) >= 11 is 0. The summed E-state index contributed by atoms with van der Waals surface area (Å²) in [5, 5.41) is 6.15. The lowest BCUT2D eigenvalue weighted by atomic mass is 10.0. The number of rotatable bonds is 5. The van der Waals surface area contributed by atoms with Crippen LogP contribution in [0, 0.1) is 13.8 Å². The second-order valence-corrected chi connectivity index (χ2v) is 6.17. The van der Waals surface area contributed by atoms with E-state index in [2.05, 4.69) is 68.4 Å². The average molecular weight is 304 g/mol. The number of aromatic nitrogens is 2. The Hall–Kier alpha value is -2.35. The lowest BCUT2D eigenvalue weighted by Crippen LogP contribution is -2.05. The number of benzene rings is 2. The molecular weight excluding hydrogens is 280 g/mol. The number of aryl methyl sites for hydroxylation is 3. The Balaban J connectivity index is 2.12. The van der Waals surface area contributed by atoms with Crippen molar-refractivity contribution in [2.75, 3.05) is 0 Å². The van der Waals surface area contributed by atoms with E-state index in [1.807, 2.05) is 6.08 Å². The van der Waals surface area contributed by atoms with Gasteiger partial charge in [-0.3, -0.25) is 4.68 Å². The molecular formula is C21H24N2. The Labute approximate surface area is 138 Å². The normalized spacial score (nSPS) is 11.1. The van der Waals surface area contributed by atoms with Crippen molar-refractivity contribution in [1.82, 2.24) is 9.78 Å². The summed E-state index contributed by atoms with van der Waals surface area (Å²) < 4.78 is 2.16. The van der Waals surface area contributed by atoms with Gasteiger partial charge >= 0.3 is 0 Å². The number of hydrogen-bond acceptors (Lipinski definition) is 1. The van der Waals surface area contributed by atoms with Crippen LogP contribution in [0.1, 0.15) is 34.9 Å². The van der Waals surface area contributed by atoms with Gasteiger partial charge in [-0.2, -0.15) is 5.10 Å². The van der Waals surface area contributed by atoms with E-state index >= 15 is 0 Å². The molecule has 0 fully saturated rings. The second kappa shape index (κ2) is 6.41. The van der Waals surface area contributed by atoms with E-state index in [-0.39, 0.29) is 0 Å². The molecule has 0 saturated heterocycles. The van der Waals surface area contributed by atoms with Crippen molar-refractivity contribution in [2.24, 2.45) is 0 Å². The quantitative estimate of drug-likeness (QED) is 0.607. The zero-order chi connectivity index (χ0) is 16.4. The first-order valence-electron chi connectivity index (χ1n) is 8.28. The lowest BCUT2D eigenvalue weighted by Gasteiger charge is -2.11. The second-order valence-electron chi connectivity index (χ2n) is 6.17. The summed E-state index contributed by atoms with van der Waals surface area (Å²) in [6.07, 6.45) is 3.80. The van der Waals surface area contributed by atoms with E-state index in [9.17, 15) is 0 Å². The maximum absolute atomic E-state index is 4.88. The molecule has 118 valence electrons. The predicted octanol–water partition coefficient (Wildman–Crippen LogP) is 4.99. The molecule has 0 N–H and O–H groups in total. The monoisotopic (exact) mass is 304 g/mol. The SMILES string of the molecule is C=CCc1ccc2c(CC)nn(Cc3c(C)cccc3C)c2c1. The molecule has 0 aliphatic heterocycles. The molecule has 0 bridgehead atoms. The fourth-order valence-electron chi connectivity index (χ4n) is 3.21. The van der Waals surface area contributed by atoms with E-state index in [4.69, 9.17) is 5.10 Å². The van der Waals surface area contributed by atoms with Crippen molar-refractivity contribution in [3.8, 4) is 0 Å². The highest BCUT2D eigenvalue weighted by Crippen LogP contribution is 2.24. The topological polar surface area (TPSA) is 17.8 Å². The minimum absolute atomic E-state index is 0.826. The van der Waals surface area contributed by atoms with Crippen molar-refractivity contribution in [1.29, 1.82) is 0 Å². The van der Waals surface area contributed by atoms with Crippen LogP contribution in [0.25, 0.3) is 10.9 Å². The molecule has 0 amide bonds. The molecule has 1 heterocycles. The Morgan fingerprint density at radius 2 is 1.87 bits per heavy atom. The van der Waals surface area contributed by atoms with Gasteiger partial charge in [0.25, 0.3) is 0 Å². The van der Waals surface area contributed by atoms with E-state index in [0.717, 1.165) is 19.4 Å². The average Bonchev–Trinajstić information content (AvgIpc) is 2.89. The van der Waals surface area contributed by atoms with Gasteiger partial charge in [0.1, 0.15) is 0 Å². The van der Waals surface area contributed by atoms with Gasteiger partial charge < -0.3 is 0 Å². The first-order valence-corrected chi connectivity index (χ1v) is 8.28. The largest absolute Gasteiger partial charge is 0.260 e. The molecule has 23 heavy (non-hydrogen) atoms. The van der Waals surface area contributed by atoms with Crippen molar-refractivity contribution < 1.29 is 0 Å². The molecule has 0 spiro atoms. The van der Waals surface area contributed by atoms with Crippen molar-refractivity contribution >= 4 is 10.9 Å². The fourth-order valence-corrected chi connectivity index (χ4v) is 3.21. The highest BCUT2D eigenvalue weighted by atomic mass is 15.3. The van der Waals surface area contributed by atoms with Crippen LogP contribution in [0.2, 0.25) is 0 Å². The molecule has 1 aromatic heterocycles. The van der Waals surface area contributed by atoms with E-state index in [1.165, 1.54) is 38.9 Å². The summed E-state index contributed by atoms with van der Waals surface area (Å²) in [4.78, 5) is 0. The van der Waals surface area contributed by atoms with Gasteiger partial charge in [0.2, 0.25) is 0 Å². The third-order valence-corrected chi connectivity index (χ3v) is 4.56. The van der Waals surface area contributed by atoms with Gasteiger partial charge in [-0.05, 0) is 55.0 Å². The molecule has 2 aromatic carbocycles. The van der Waals surface area contributed by atoms with Gasteiger partial charge in [-0.1, -0.05) is 43.3 Å². The smallest absolute Gasteiger partial charge is 0.0700 e. The zero-order valence-corrected chi connectivity index (χ0v) is 14.3. The molecule has 0 saturated carbocycles. The van der Waals surface area contributed by atoms with Crippen LogP contribution in [0.5, 0.6) is 0 Å². The van der Waals surface area contributed by atoms with Gasteiger partial charge in [0.15, 0.2) is 0 Å². The van der Waals surface area contributed by atoms with Gasteiger partial charge in [0.05, 0.1) is 17.8 Å². The number of allylic oxidation sites excluding steroid dienone is 1. The first-order chi connectivity index (χ1) is 11.1. The van der Waals surface area contributed by atoms with E-state index in [1.54, 1.807) is 0 Å². The highest BCUT2D eigenvalue weighted by Gasteiger charge is 2.12. The molecule has 2 nitrogen and oxygen atoms in total. The summed E-state index contributed by atoms with van der Waals surface area (Å²) in [7, 11) is 0. The molecule has 2 heteroatoms. The lowest BCUT2D eigenvalue weighted by molar-refractivity contribution is 0.690. The Morgan fingerprint density at radius 1 is 1.13 bits per heavy atom. The Bertz CT molecular complexity index is 835. The summed E-state index contributed by atoms with van der Waals surface area (Å²) in [5.74, 6) is 0. The predicted molar refractivity (Wildman–Crippen MR) is 98.0 cm³/mol. The van der Waals surface area contributed by atoms with E-state index < -0.39 is 0 Å². The van der Waals surface area contributed by atoms with E-state index in [0.29, 0.717) is 0 Å². The van der Waals surface area contributed by atoms with Crippen LogP contribution in [-0.4, -0.2) is 9.78 Å². The van der Waals surface area contributed by atoms with Crippen molar-refractivity contribution in [3.63, 3.8) is 0 Å². The van der Waals surface area contributed by atoms with Crippen LogP contribution in [-0.2, 0) is 19.4 Å². The molecule has 3 aromatic rings. The standard InChI is InChI=1S/C21H24N2/c1-5-8-17-11-12-18-20(6-2)22-23(21(18)13-17)14-19-15(3)9-7-10-16(19)4/h5,7,9-13H,1,6,8,14H2,2-4H3. The molecule has 0 unspecified atom stereocenters. The Morgan fingerprint density at radius 3 is 2.52 bits per heavy atom. The van der Waals surface area contributed by atoms with Crippen LogP contribution >= 0.6 is 0 Å². The molecule has 0 aliphatic rings. The number of nitrogens with zero attached hydrogens (tertiary/aromatic N) is 2. The van der Waals surface area contributed by atoms with Gasteiger partial charge in [0, 0.05) is 5.39 Å². The van der Waals surface area contributed by atoms with Crippen LogP contribution < -0.4 is 0 Å².